The zero-order chi connectivity index (χ0) is 16.9. The van der Waals surface area contributed by atoms with Gasteiger partial charge in [0.1, 0.15) is 0 Å². The molecule has 0 atom stereocenters. The van der Waals surface area contributed by atoms with E-state index in [1.165, 1.54) is 0 Å². The van der Waals surface area contributed by atoms with Crippen LogP contribution in [0.15, 0.2) is 24.3 Å². The zero-order valence-corrected chi connectivity index (χ0v) is 14.8. The van der Waals surface area contributed by atoms with Crippen molar-refractivity contribution in [1.29, 1.82) is 0 Å². The summed E-state index contributed by atoms with van der Waals surface area (Å²) >= 11 is 0. The van der Waals surface area contributed by atoms with Gasteiger partial charge < -0.3 is 16.0 Å². The zero-order valence-electron chi connectivity index (χ0n) is 14.0. The second-order valence-corrected chi connectivity index (χ2v) is 5.70. The summed E-state index contributed by atoms with van der Waals surface area (Å²) in [4.78, 5) is 24.0. The van der Waals surface area contributed by atoms with Crippen LogP contribution in [0.5, 0.6) is 0 Å². The molecule has 4 N–H and O–H groups in total. The van der Waals surface area contributed by atoms with Gasteiger partial charge in [0.05, 0.1) is 0 Å². The van der Waals surface area contributed by atoms with Crippen LogP contribution >= 0.6 is 12.4 Å². The maximum Gasteiger partial charge on any atom is 0.272 e. The molecule has 3 rings (SSSR count). The fourth-order valence-electron chi connectivity index (χ4n) is 2.72. The number of carbonyl (C=O) groups excluding carboxylic acids is 2. The molecule has 0 saturated heterocycles. The van der Waals surface area contributed by atoms with E-state index >= 15 is 0 Å². The summed E-state index contributed by atoms with van der Waals surface area (Å²) in [6.45, 7) is 4.43. The third-order valence-corrected chi connectivity index (χ3v) is 4.03. The van der Waals surface area contributed by atoms with Gasteiger partial charge in [-0.05, 0) is 24.6 Å². The first-order chi connectivity index (χ1) is 11.7. The fraction of sp³-hybridized carbons (Fsp3) is 0.353. The lowest BCUT2D eigenvalue weighted by Gasteiger charge is -2.13. The number of rotatable bonds is 5. The number of nitrogens with zero attached hydrogens (tertiary/aromatic N) is 1. The van der Waals surface area contributed by atoms with Crippen molar-refractivity contribution in [1.82, 2.24) is 26.1 Å². The van der Waals surface area contributed by atoms with E-state index in [2.05, 4.69) is 26.1 Å². The van der Waals surface area contributed by atoms with Crippen LogP contribution < -0.4 is 16.0 Å². The third kappa shape index (κ3) is 4.37. The second kappa shape index (κ2) is 8.64. The van der Waals surface area contributed by atoms with E-state index in [-0.39, 0.29) is 24.2 Å². The maximum atomic E-state index is 12.3. The van der Waals surface area contributed by atoms with Crippen molar-refractivity contribution in [2.75, 3.05) is 13.1 Å². The SMILES string of the molecule is CCNC(=O)c1ccc(CNC(=O)c2n[nH]c3c2CNCC3)cc1.Cl. The number of aromatic nitrogens is 2. The first kappa shape index (κ1) is 19.0. The van der Waals surface area contributed by atoms with E-state index in [0.29, 0.717) is 30.9 Å². The topological polar surface area (TPSA) is 98.9 Å². The highest BCUT2D eigenvalue weighted by molar-refractivity contribution is 5.94. The van der Waals surface area contributed by atoms with Crippen molar-refractivity contribution in [2.24, 2.45) is 0 Å². The van der Waals surface area contributed by atoms with Crippen LogP contribution in [-0.4, -0.2) is 35.1 Å². The minimum absolute atomic E-state index is 0. The number of H-pyrrole nitrogens is 1. The van der Waals surface area contributed by atoms with Gasteiger partial charge in [-0.2, -0.15) is 5.10 Å². The molecule has 0 radical (unpaired) electrons. The number of carbonyl (C=O) groups is 2. The number of amides is 2. The van der Waals surface area contributed by atoms with Gasteiger partial charge in [0.2, 0.25) is 0 Å². The van der Waals surface area contributed by atoms with E-state index in [4.69, 9.17) is 0 Å². The van der Waals surface area contributed by atoms with E-state index < -0.39 is 0 Å². The van der Waals surface area contributed by atoms with Crippen LogP contribution in [0.3, 0.4) is 0 Å². The Morgan fingerprint density at radius 1 is 1.16 bits per heavy atom. The molecule has 1 aliphatic rings. The molecule has 1 aromatic heterocycles. The lowest BCUT2D eigenvalue weighted by Crippen LogP contribution is -2.28. The molecule has 0 bridgehead atoms. The number of hydrogen-bond donors (Lipinski definition) is 4. The number of nitrogens with one attached hydrogen (secondary N) is 4. The van der Waals surface area contributed by atoms with Gasteiger partial charge in [0.25, 0.3) is 11.8 Å². The van der Waals surface area contributed by atoms with Crippen LogP contribution in [-0.2, 0) is 19.5 Å². The normalized spacial score (nSPS) is 12.7. The molecule has 2 heterocycles. The smallest absolute Gasteiger partial charge is 0.272 e. The van der Waals surface area contributed by atoms with Crippen LogP contribution in [0, 0.1) is 0 Å². The minimum Gasteiger partial charge on any atom is -0.352 e. The van der Waals surface area contributed by atoms with Crippen molar-refractivity contribution in [3.63, 3.8) is 0 Å². The molecule has 1 aliphatic heterocycles. The number of aromatic amines is 1. The predicted octanol–water partition coefficient (Wildman–Crippen LogP) is 1.16. The van der Waals surface area contributed by atoms with Gasteiger partial charge in [-0.25, -0.2) is 0 Å². The molecule has 0 saturated carbocycles. The highest BCUT2D eigenvalue weighted by atomic mass is 35.5. The fourth-order valence-corrected chi connectivity index (χ4v) is 2.72. The number of halogens is 1. The second-order valence-electron chi connectivity index (χ2n) is 5.70. The summed E-state index contributed by atoms with van der Waals surface area (Å²) in [5.74, 6) is -0.285. The van der Waals surface area contributed by atoms with E-state index in [1.807, 2.05) is 19.1 Å². The summed E-state index contributed by atoms with van der Waals surface area (Å²) in [6, 6.07) is 7.19. The van der Waals surface area contributed by atoms with E-state index in [0.717, 1.165) is 29.8 Å². The van der Waals surface area contributed by atoms with Crippen LogP contribution in [0.2, 0.25) is 0 Å². The molecule has 134 valence electrons. The Bertz CT molecular complexity index is 742. The molecule has 2 aromatic rings. The molecule has 2 amide bonds. The van der Waals surface area contributed by atoms with Crippen molar-refractivity contribution in [2.45, 2.75) is 26.4 Å². The molecule has 1 aromatic carbocycles. The quantitative estimate of drug-likeness (QED) is 0.640. The largest absolute Gasteiger partial charge is 0.352 e. The molecule has 25 heavy (non-hydrogen) atoms. The van der Waals surface area contributed by atoms with Gasteiger partial charge in [0.15, 0.2) is 5.69 Å². The monoisotopic (exact) mass is 363 g/mol. The number of benzene rings is 1. The summed E-state index contributed by atoms with van der Waals surface area (Å²) in [6.07, 6.45) is 0.858. The van der Waals surface area contributed by atoms with Gasteiger partial charge in [-0.1, -0.05) is 12.1 Å². The highest BCUT2D eigenvalue weighted by Gasteiger charge is 2.21. The standard InChI is InChI=1S/C17H21N5O2.ClH/c1-2-19-16(23)12-5-3-11(4-6-12)9-20-17(24)15-13-10-18-8-7-14(13)21-22-15;/h3-6,18H,2,7-10H2,1H3,(H,19,23)(H,20,24)(H,21,22);1H. The molecule has 0 fully saturated rings. The first-order valence-corrected chi connectivity index (χ1v) is 8.11. The maximum absolute atomic E-state index is 12.3. The van der Waals surface area contributed by atoms with E-state index in [1.54, 1.807) is 12.1 Å². The van der Waals surface area contributed by atoms with Crippen molar-refractivity contribution >= 4 is 24.2 Å². The predicted molar refractivity (Wildman–Crippen MR) is 96.9 cm³/mol. The van der Waals surface area contributed by atoms with Crippen molar-refractivity contribution < 1.29 is 9.59 Å². The summed E-state index contributed by atoms with van der Waals surface area (Å²) < 4.78 is 0. The van der Waals surface area contributed by atoms with Crippen molar-refractivity contribution in [3.8, 4) is 0 Å². The highest BCUT2D eigenvalue weighted by Crippen LogP contribution is 2.15. The Labute approximate surface area is 152 Å². The van der Waals surface area contributed by atoms with Crippen molar-refractivity contribution in [3.05, 3.63) is 52.3 Å². The molecule has 8 heteroatoms. The number of hydrogen-bond acceptors (Lipinski definition) is 4. The minimum atomic E-state index is -0.191. The Hall–Kier alpha value is -2.38. The average Bonchev–Trinajstić information content (AvgIpc) is 3.04. The van der Waals surface area contributed by atoms with Gasteiger partial charge >= 0.3 is 0 Å². The molecular weight excluding hydrogens is 342 g/mol. The molecule has 0 spiro atoms. The third-order valence-electron chi connectivity index (χ3n) is 4.03. The molecule has 7 nitrogen and oxygen atoms in total. The average molecular weight is 364 g/mol. The Morgan fingerprint density at radius 3 is 2.64 bits per heavy atom. The first-order valence-electron chi connectivity index (χ1n) is 8.11. The number of fused-ring (bicyclic) bond motifs is 1. The lowest BCUT2D eigenvalue weighted by molar-refractivity contribution is 0.0939. The van der Waals surface area contributed by atoms with Gasteiger partial charge in [0, 0.05) is 49.4 Å². The van der Waals surface area contributed by atoms with Crippen LogP contribution in [0.4, 0.5) is 0 Å². The summed E-state index contributed by atoms with van der Waals surface area (Å²) in [5, 5.41) is 16.0. The molecule has 0 aliphatic carbocycles. The van der Waals surface area contributed by atoms with Crippen LogP contribution in [0.1, 0.15) is 44.6 Å². The van der Waals surface area contributed by atoms with Gasteiger partial charge in [-0.15, -0.1) is 12.4 Å². The lowest BCUT2D eigenvalue weighted by atomic mass is 10.1. The Morgan fingerprint density at radius 2 is 1.92 bits per heavy atom. The van der Waals surface area contributed by atoms with E-state index in [9.17, 15) is 9.59 Å². The summed E-state index contributed by atoms with van der Waals surface area (Å²) in [5.41, 5.74) is 3.98. The Kier molecular flexibility index (Phi) is 6.55. The van der Waals surface area contributed by atoms with Gasteiger partial charge in [-0.3, -0.25) is 14.7 Å². The summed E-state index contributed by atoms with van der Waals surface area (Å²) in [7, 11) is 0. The van der Waals surface area contributed by atoms with Crippen LogP contribution in [0.25, 0.3) is 0 Å². The molecule has 0 unspecified atom stereocenters. The Balaban J connectivity index is 0.00000225. The molecular formula is C17H22ClN5O2.